The van der Waals surface area contributed by atoms with E-state index in [1.165, 1.54) is 7.11 Å². The second-order valence-corrected chi connectivity index (χ2v) is 6.01. The molecule has 0 saturated heterocycles. The van der Waals surface area contributed by atoms with Crippen LogP contribution in [0.1, 0.15) is 33.9 Å². The molecule has 6 heteroatoms. The summed E-state index contributed by atoms with van der Waals surface area (Å²) in [5.74, 6) is -0.517. The Balaban J connectivity index is 0.00000364. The summed E-state index contributed by atoms with van der Waals surface area (Å²) in [5.41, 5.74) is 10.2. The van der Waals surface area contributed by atoms with Crippen molar-refractivity contribution in [2.45, 2.75) is 19.4 Å². The summed E-state index contributed by atoms with van der Waals surface area (Å²) in [6.07, 6.45) is 1.74. The van der Waals surface area contributed by atoms with Crippen molar-refractivity contribution >= 4 is 24.3 Å². The molecule has 0 bridgehead atoms. The molecular weight excluding hydrogens is 364 g/mol. The first-order valence-electron chi connectivity index (χ1n) is 8.39. The third-order valence-electron chi connectivity index (χ3n) is 4.14. The minimum Gasteiger partial charge on any atom is -0.469 e. The van der Waals surface area contributed by atoms with E-state index < -0.39 is 6.04 Å². The van der Waals surface area contributed by atoms with Crippen molar-refractivity contribution in [3.05, 3.63) is 71.8 Å². The van der Waals surface area contributed by atoms with Crippen LogP contribution >= 0.6 is 12.4 Å². The number of amides is 1. The fourth-order valence-corrected chi connectivity index (χ4v) is 2.81. The third kappa shape index (κ3) is 5.67. The van der Waals surface area contributed by atoms with Gasteiger partial charge in [-0.05, 0) is 41.3 Å². The first kappa shape index (κ1) is 22.4. The maximum atomic E-state index is 12.5. The molecular formula is C21H25ClN2O3. The van der Waals surface area contributed by atoms with Gasteiger partial charge in [-0.15, -0.1) is 19.0 Å². The van der Waals surface area contributed by atoms with Crippen molar-refractivity contribution in [1.29, 1.82) is 0 Å². The number of hydrogen-bond donors (Lipinski definition) is 2. The molecule has 3 N–H and O–H groups in total. The lowest BCUT2D eigenvalue weighted by molar-refractivity contribution is -0.141. The summed E-state index contributed by atoms with van der Waals surface area (Å²) in [6.45, 7) is 5.98. The zero-order valence-corrected chi connectivity index (χ0v) is 16.3. The summed E-state index contributed by atoms with van der Waals surface area (Å²) < 4.78 is 4.68. The number of benzene rings is 2. The highest BCUT2D eigenvalue weighted by Crippen LogP contribution is 2.30. The molecule has 0 radical (unpaired) electrons. The Morgan fingerprint density at radius 3 is 2.63 bits per heavy atom. The van der Waals surface area contributed by atoms with Gasteiger partial charge in [0.05, 0.1) is 13.5 Å². The second kappa shape index (κ2) is 10.5. The number of aryl methyl sites for hydroxylation is 1. The van der Waals surface area contributed by atoms with E-state index in [0.29, 0.717) is 12.1 Å². The number of rotatable bonds is 7. The highest BCUT2D eigenvalue weighted by atomic mass is 35.5. The average molecular weight is 389 g/mol. The SMILES string of the molecule is C=CCNC(=O)c1cccc(C)c1-c1cccc([C@@H](N)CC(=O)OC)c1.Cl. The fourth-order valence-electron chi connectivity index (χ4n) is 2.81. The Bertz CT molecular complexity index is 821. The van der Waals surface area contributed by atoms with Crippen molar-refractivity contribution in [3.8, 4) is 11.1 Å². The number of esters is 1. The summed E-state index contributed by atoms with van der Waals surface area (Å²) >= 11 is 0. The number of nitrogens with one attached hydrogen (secondary N) is 1. The average Bonchev–Trinajstić information content (AvgIpc) is 2.65. The molecule has 0 aliphatic heterocycles. The Labute approximate surface area is 166 Å². The molecule has 0 saturated carbocycles. The van der Waals surface area contributed by atoms with Crippen LogP contribution in [0.5, 0.6) is 0 Å². The molecule has 1 atom stereocenters. The van der Waals surface area contributed by atoms with Crippen molar-refractivity contribution in [2.24, 2.45) is 5.73 Å². The lowest BCUT2D eigenvalue weighted by Gasteiger charge is -2.16. The van der Waals surface area contributed by atoms with Crippen LogP contribution in [0.2, 0.25) is 0 Å². The lowest BCUT2D eigenvalue weighted by Crippen LogP contribution is -2.24. The van der Waals surface area contributed by atoms with Gasteiger partial charge in [-0.3, -0.25) is 9.59 Å². The molecule has 0 fully saturated rings. The largest absolute Gasteiger partial charge is 0.469 e. The smallest absolute Gasteiger partial charge is 0.307 e. The van der Waals surface area contributed by atoms with Crippen LogP contribution in [0.3, 0.4) is 0 Å². The molecule has 0 aromatic heterocycles. The molecule has 1 amide bonds. The van der Waals surface area contributed by atoms with Gasteiger partial charge < -0.3 is 15.8 Å². The molecule has 5 nitrogen and oxygen atoms in total. The van der Waals surface area contributed by atoms with Gasteiger partial charge in [0, 0.05) is 18.2 Å². The van der Waals surface area contributed by atoms with E-state index in [1.807, 2.05) is 43.3 Å². The van der Waals surface area contributed by atoms with Crippen LogP contribution in [0.15, 0.2) is 55.1 Å². The molecule has 0 aliphatic carbocycles. The van der Waals surface area contributed by atoms with Gasteiger partial charge in [0.2, 0.25) is 0 Å². The Morgan fingerprint density at radius 2 is 1.96 bits per heavy atom. The summed E-state index contributed by atoms with van der Waals surface area (Å²) in [7, 11) is 1.34. The molecule has 0 unspecified atom stereocenters. The number of carbonyl (C=O) groups excluding carboxylic acids is 2. The van der Waals surface area contributed by atoms with Gasteiger partial charge in [0.15, 0.2) is 0 Å². The van der Waals surface area contributed by atoms with Crippen LogP contribution in [0.4, 0.5) is 0 Å². The number of carbonyl (C=O) groups is 2. The highest BCUT2D eigenvalue weighted by molar-refractivity contribution is 6.01. The van der Waals surface area contributed by atoms with Gasteiger partial charge in [-0.1, -0.05) is 36.4 Å². The van der Waals surface area contributed by atoms with Crippen LogP contribution in [-0.4, -0.2) is 25.5 Å². The van der Waals surface area contributed by atoms with E-state index in [-0.39, 0.29) is 30.7 Å². The number of ether oxygens (including phenoxy) is 1. The topological polar surface area (TPSA) is 81.4 Å². The van der Waals surface area contributed by atoms with Gasteiger partial charge in [0.1, 0.15) is 0 Å². The standard InChI is InChI=1S/C21H24N2O3.ClH/c1-4-11-23-21(25)17-10-5-7-14(2)20(17)16-9-6-8-15(12-16)18(22)13-19(24)26-3;/h4-10,12,18H,1,11,13,22H2,2-3H3,(H,23,25);1H/t18-;/m0./s1. The number of hydrogen-bond acceptors (Lipinski definition) is 4. The fraction of sp³-hybridized carbons (Fsp3) is 0.238. The van der Waals surface area contributed by atoms with Crippen molar-refractivity contribution in [2.75, 3.05) is 13.7 Å². The predicted molar refractivity (Wildman–Crippen MR) is 110 cm³/mol. The zero-order valence-electron chi connectivity index (χ0n) is 15.5. The van der Waals surface area contributed by atoms with E-state index >= 15 is 0 Å². The quantitative estimate of drug-likeness (QED) is 0.561. The van der Waals surface area contributed by atoms with E-state index in [2.05, 4.69) is 16.6 Å². The highest BCUT2D eigenvalue weighted by Gasteiger charge is 2.17. The first-order chi connectivity index (χ1) is 12.5. The molecule has 144 valence electrons. The molecule has 2 aromatic carbocycles. The van der Waals surface area contributed by atoms with Gasteiger partial charge in [0.25, 0.3) is 5.91 Å². The summed E-state index contributed by atoms with van der Waals surface area (Å²) in [6, 6.07) is 12.7. The van der Waals surface area contributed by atoms with Crippen molar-refractivity contribution in [3.63, 3.8) is 0 Å². The van der Waals surface area contributed by atoms with Crippen LogP contribution in [0.25, 0.3) is 11.1 Å². The Morgan fingerprint density at radius 1 is 1.26 bits per heavy atom. The van der Waals surface area contributed by atoms with E-state index in [4.69, 9.17) is 5.73 Å². The van der Waals surface area contributed by atoms with Gasteiger partial charge in [-0.25, -0.2) is 0 Å². The summed E-state index contributed by atoms with van der Waals surface area (Å²) in [5, 5.41) is 2.81. The lowest BCUT2D eigenvalue weighted by atomic mass is 9.92. The van der Waals surface area contributed by atoms with Crippen LogP contribution < -0.4 is 11.1 Å². The number of methoxy groups -OCH3 is 1. The van der Waals surface area contributed by atoms with Crippen molar-refractivity contribution < 1.29 is 14.3 Å². The van der Waals surface area contributed by atoms with Gasteiger partial charge in [-0.2, -0.15) is 0 Å². The zero-order chi connectivity index (χ0) is 19.1. The number of nitrogens with two attached hydrogens (primary N) is 1. The van der Waals surface area contributed by atoms with E-state index in [9.17, 15) is 9.59 Å². The summed E-state index contributed by atoms with van der Waals surface area (Å²) in [4.78, 5) is 24.0. The Hall–Kier alpha value is -2.63. The normalized spacial score (nSPS) is 11.1. The molecule has 2 aromatic rings. The molecule has 0 heterocycles. The third-order valence-corrected chi connectivity index (χ3v) is 4.14. The maximum Gasteiger partial charge on any atom is 0.307 e. The predicted octanol–water partition coefficient (Wildman–Crippen LogP) is 3.56. The second-order valence-electron chi connectivity index (χ2n) is 6.01. The minimum atomic E-state index is -0.468. The molecule has 0 aliphatic rings. The Kier molecular flexibility index (Phi) is 8.72. The van der Waals surface area contributed by atoms with Crippen molar-refractivity contribution in [1.82, 2.24) is 5.32 Å². The first-order valence-corrected chi connectivity index (χ1v) is 8.39. The monoisotopic (exact) mass is 388 g/mol. The van der Waals surface area contributed by atoms with Crippen LogP contribution in [0, 0.1) is 6.92 Å². The van der Waals surface area contributed by atoms with E-state index in [0.717, 1.165) is 22.3 Å². The maximum absolute atomic E-state index is 12.5. The van der Waals surface area contributed by atoms with Gasteiger partial charge >= 0.3 is 5.97 Å². The molecule has 27 heavy (non-hydrogen) atoms. The minimum absolute atomic E-state index is 0. The number of halogens is 1. The van der Waals surface area contributed by atoms with Crippen LogP contribution in [-0.2, 0) is 9.53 Å². The molecule has 2 rings (SSSR count). The molecule has 0 spiro atoms. The van der Waals surface area contributed by atoms with E-state index in [1.54, 1.807) is 12.1 Å².